The number of nitrogens with two attached hydrogens (primary N) is 1. The molecule has 0 spiro atoms. The van der Waals surface area contributed by atoms with Gasteiger partial charge < -0.3 is 26.0 Å². The van der Waals surface area contributed by atoms with E-state index in [1.807, 2.05) is 22.6 Å². The SMILES string of the molecule is NC(=O)c1c(Nc2ccc(I)cc2F)cc(F)cc1OCC[C@@H](O)CO. The summed E-state index contributed by atoms with van der Waals surface area (Å²) in [5.41, 5.74) is 5.22. The zero-order chi connectivity index (χ0) is 19.3. The normalized spacial score (nSPS) is 11.9. The van der Waals surface area contributed by atoms with Crippen LogP contribution in [0.1, 0.15) is 16.8 Å². The first-order valence-electron chi connectivity index (χ1n) is 7.59. The minimum atomic E-state index is -1.00. The van der Waals surface area contributed by atoms with Crippen LogP contribution < -0.4 is 15.8 Å². The smallest absolute Gasteiger partial charge is 0.254 e. The number of hydrogen-bond donors (Lipinski definition) is 4. The predicted molar refractivity (Wildman–Crippen MR) is 101 cm³/mol. The molecule has 0 heterocycles. The molecule has 1 amide bonds. The van der Waals surface area contributed by atoms with E-state index in [0.717, 1.165) is 12.1 Å². The number of ether oxygens (including phenoxy) is 1. The number of primary amides is 1. The van der Waals surface area contributed by atoms with Crippen LogP contribution in [-0.4, -0.2) is 35.4 Å². The Morgan fingerprint density at radius 1 is 1.27 bits per heavy atom. The van der Waals surface area contributed by atoms with Gasteiger partial charge in [-0.3, -0.25) is 4.79 Å². The van der Waals surface area contributed by atoms with Gasteiger partial charge in [0.1, 0.15) is 22.9 Å². The van der Waals surface area contributed by atoms with Crippen molar-refractivity contribution in [2.75, 3.05) is 18.5 Å². The van der Waals surface area contributed by atoms with Gasteiger partial charge in [0.2, 0.25) is 0 Å². The van der Waals surface area contributed by atoms with E-state index in [1.165, 1.54) is 12.1 Å². The van der Waals surface area contributed by atoms with E-state index < -0.39 is 30.3 Å². The number of nitrogens with one attached hydrogen (secondary N) is 1. The molecule has 0 bridgehead atoms. The van der Waals surface area contributed by atoms with Crippen molar-refractivity contribution in [1.82, 2.24) is 0 Å². The molecular weight excluding hydrogens is 461 g/mol. The predicted octanol–water partition coefficient (Wildman–Crippen LogP) is 2.53. The van der Waals surface area contributed by atoms with Crippen LogP contribution in [0.3, 0.4) is 0 Å². The Kier molecular flexibility index (Phi) is 7.12. The van der Waals surface area contributed by atoms with E-state index in [0.29, 0.717) is 3.57 Å². The molecule has 6 nitrogen and oxygen atoms in total. The van der Waals surface area contributed by atoms with Crippen LogP contribution in [0.15, 0.2) is 30.3 Å². The van der Waals surface area contributed by atoms with Crippen molar-refractivity contribution >= 4 is 39.9 Å². The van der Waals surface area contributed by atoms with Crippen molar-refractivity contribution in [3.8, 4) is 5.75 Å². The first kappa shape index (κ1) is 20.3. The Labute approximate surface area is 162 Å². The van der Waals surface area contributed by atoms with Crippen LogP contribution in [0.25, 0.3) is 0 Å². The summed E-state index contributed by atoms with van der Waals surface area (Å²) < 4.78 is 34.0. The molecule has 5 N–H and O–H groups in total. The van der Waals surface area contributed by atoms with Gasteiger partial charge in [0.15, 0.2) is 0 Å². The van der Waals surface area contributed by atoms with Gasteiger partial charge in [-0.2, -0.15) is 0 Å². The highest BCUT2D eigenvalue weighted by Crippen LogP contribution is 2.31. The fourth-order valence-electron chi connectivity index (χ4n) is 2.18. The van der Waals surface area contributed by atoms with Crippen LogP contribution in [0, 0.1) is 15.2 Å². The van der Waals surface area contributed by atoms with Gasteiger partial charge in [-0.1, -0.05) is 0 Å². The van der Waals surface area contributed by atoms with Crippen molar-refractivity contribution in [2.24, 2.45) is 5.73 Å². The zero-order valence-corrected chi connectivity index (χ0v) is 15.7. The van der Waals surface area contributed by atoms with E-state index in [1.54, 1.807) is 6.07 Å². The maximum atomic E-state index is 14.0. The molecule has 0 saturated heterocycles. The number of amides is 1. The number of aliphatic hydroxyl groups excluding tert-OH is 2. The average Bonchev–Trinajstić information content (AvgIpc) is 2.56. The standard InChI is InChI=1S/C17H17F2IN2O4/c18-9-5-14(22-13-2-1-10(20)7-12(13)19)16(17(21)25)15(6-9)26-4-3-11(24)8-23/h1-2,5-7,11,22-24H,3-4,8H2,(H2,21,25)/t11-/m1/s1. The summed E-state index contributed by atoms with van der Waals surface area (Å²) in [5.74, 6) is -2.33. The molecule has 2 aromatic carbocycles. The largest absolute Gasteiger partial charge is 0.492 e. The molecule has 1 atom stereocenters. The Hall–Kier alpha value is -1.98. The van der Waals surface area contributed by atoms with Gasteiger partial charge in [-0.05, 0) is 46.9 Å². The quantitative estimate of drug-likeness (QED) is 0.437. The van der Waals surface area contributed by atoms with E-state index in [-0.39, 0.29) is 35.7 Å². The summed E-state index contributed by atoms with van der Waals surface area (Å²) in [6.45, 7) is -0.531. The molecule has 140 valence electrons. The second kappa shape index (κ2) is 9.10. The van der Waals surface area contributed by atoms with Crippen molar-refractivity contribution in [2.45, 2.75) is 12.5 Å². The van der Waals surface area contributed by atoms with Crippen LogP contribution in [-0.2, 0) is 0 Å². The summed E-state index contributed by atoms with van der Waals surface area (Å²) in [4.78, 5) is 11.8. The lowest BCUT2D eigenvalue weighted by molar-refractivity contribution is 0.0751. The van der Waals surface area contributed by atoms with Crippen LogP contribution in [0.2, 0.25) is 0 Å². The fourth-order valence-corrected chi connectivity index (χ4v) is 2.63. The van der Waals surface area contributed by atoms with Crippen LogP contribution >= 0.6 is 22.6 Å². The topological polar surface area (TPSA) is 105 Å². The molecule has 2 rings (SSSR count). The third-order valence-electron chi connectivity index (χ3n) is 3.43. The number of carbonyl (C=O) groups excluding carboxylic acids is 1. The molecule has 26 heavy (non-hydrogen) atoms. The number of aliphatic hydroxyl groups is 2. The monoisotopic (exact) mass is 478 g/mol. The van der Waals surface area contributed by atoms with Gasteiger partial charge in [0.05, 0.1) is 30.7 Å². The van der Waals surface area contributed by atoms with E-state index in [2.05, 4.69) is 5.32 Å². The summed E-state index contributed by atoms with van der Waals surface area (Å²) in [5, 5.41) is 20.8. The summed E-state index contributed by atoms with van der Waals surface area (Å²) in [6.07, 6.45) is -0.932. The first-order valence-corrected chi connectivity index (χ1v) is 8.66. The van der Waals surface area contributed by atoms with Gasteiger partial charge in [-0.15, -0.1) is 0 Å². The summed E-state index contributed by atoms with van der Waals surface area (Å²) in [7, 11) is 0. The lowest BCUT2D eigenvalue weighted by Gasteiger charge is -2.16. The van der Waals surface area contributed by atoms with E-state index in [9.17, 15) is 18.7 Å². The highest BCUT2D eigenvalue weighted by molar-refractivity contribution is 14.1. The molecule has 0 aliphatic heterocycles. The summed E-state index contributed by atoms with van der Waals surface area (Å²) in [6, 6.07) is 6.35. The van der Waals surface area contributed by atoms with Crippen molar-refractivity contribution in [3.63, 3.8) is 0 Å². The van der Waals surface area contributed by atoms with Gasteiger partial charge in [-0.25, -0.2) is 8.78 Å². The Balaban J connectivity index is 2.34. The molecule has 0 saturated carbocycles. The second-order valence-electron chi connectivity index (χ2n) is 5.41. The molecule has 0 aliphatic rings. The molecule has 0 aromatic heterocycles. The van der Waals surface area contributed by atoms with Gasteiger partial charge in [0, 0.05) is 16.1 Å². The maximum absolute atomic E-state index is 14.0. The minimum absolute atomic E-state index is 0.0418. The highest BCUT2D eigenvalue weighted by atomic mass is 127. The number of rotatable bonds is 8. The number of halogens is 3. The Morgan fingerprint density at radius 2 is 2.00 bits per heavy atom. The maximum Gasteiger partial charge on any atom is 0.254 e. The average molecular weight is 478 g/mol. The Morgan fingerprint density at radius 3 is 2.62 bits per heavy atom. The molecule has 0 radical (unpaired) electrons. The highest BCUT2D eigenvalue weighted by Gasteiger charge is 2.19. The van der Waals surface area contributed by atoms with Crippen LogP contribution in [0.5, 0.6) is 5.75 Å². The molecule has 0 fully saturated rings. The number of benzene rings is 2. The Bertz CT molecular complexity index is 805. The molecule has 2 aromatic rings. The van der Waals surface area contributed by atoms with Gasteiger partial charge >= 0.3 is 0 Å². The van der Waals surface area contributed by atoms with E-state index in [4.69, 9.17) is 15.6 Å². The first-order chi connectivity index (χ1) is 12.3. The number of carbonyl (C=O) groups is 1. The van der Waals surface area contributed by atoms with Crippen molar-refractivity contribution < 1.29 is 28.5 Å². The lowest BCUT2D eigenvalue weighted by Crippen LogP contribution is -2.19. The number of hydrogen-bond acceptors (Lipinski definition) is 5. The van der Waals surface area contributed by atoms with Gasteiger partial charge in [0.25, 0.3) is 5.91 Å². The van der Waals surface area contributed by atoms with Crippen LogP contribution in [0.4, 0.5) is 20.2 Å². The molecule has 0 aliphatic carbocycles. The third-order valence-corrected chi connectivity index (χ3v) is 4.10. The van der Waals surface area contributed by atoms with Crippen molar-refractivity contribution in [1.29, 1.82) is 0 Å². The molecule has 9 heteroatoms. The zero-order valence-electron chi connectivity index (χ0n) is 13.5. The van der Waals surface area contributed by atoms with E-state index >= 15 is 0 Å². The fraction of sp³-hybridized carbons (Fsp3) is 0.235. The third kappa shape index (κ3) is 5.26. The second-order valence-corrected chi connectivity index (χ2v) is 6.66. The lowest BCUT2D eigenvalue weighted by atomic mass is 10.1. The molecule has 0 unspecified atom stereocenters. The number of anilines is 2. The molecular formula is C17H17F2IN2O4. The van der Waals surface area contributed by atoms with Crippen molar-refractivity contribution in [3.05, 3.63) is 51.1 Å². The minimum Gasteiger partial charge on any atom is -0.492 e. The summed E-state index contributed by atoms with van der Waals surface area (Å²) >= 11 is 1.94.